The third-order valence-corrected chi connectivity index (χ3v) is 9.13. The van der Waals surface area contributed by atoms with Crippen LogP contribution in [0.4, 0.5) is 0 Å². The lowest BCUT2D eigenvalue weighted by molar-refractivity contribution is -0.0244. The fraction of sp³-hybridized carbons (Fsp3) is 0.619. The van der Waals surface area contributed by atoms with Crippen molar-refractivity contribution in [2.75, 3.05) is 0 Å². The number of ether oxygens (including phenoxy) is 1. The van der Waals surface area contributed by atoms with Crippen molar-refractivity contribution in [3.05, 3.63) is 29.3 Å². The molecule has 9 heteroatoms. The van der Waals surface area contributed by atoms with E-state index >= 15 is 0 Å². The van der Waals surface area contributed by atoms with E-state index in [4.69, 9.17) is 26.9 Å². The van der Waals surface area contributed by atoms with Crippen LogP contribution in [0.25, 0.3) is 0 Å². The van der Waals surface area contributed by atoms with Crippen LogP contribution in [0.3, 0.4) is 0 Å². The number of nitrogens with two attached hydrogens (primary N) is 1. The molecule has 1 aromatic rings. The quantitative estimate of drug-likeness (QED) is 0.308. The highest BCUT2D eigenvalue weighted by Crippen LogP contribution is 2.59. The van der Waals surface area contributed by atoms with Crippen LogP contribution in [0.2, 0.25) is 5.02 Å². The van der Waals surface area contributed by atoms with Crippen molar-refractivity contribution in [2.45, 2.75) is 62.3 Å². The number of hydrogen-bond donors (Lipinski definition) is 2. The lowest BCUT2D eigenvalue weighted by atomic mass is 9.53. The summed E-state index contributed by atoms with van der Waals surface area (Å²) in [6.45, 7) is 3.52. The lowest BCUT2D eigenvalue weighted by Crippen LogP contribution is -2.66. The molecule has 0 heterocycles. The molecule has 0 spiro atoms. The number of nitrogens with zero attached hydrogens (tertiary/aromatic N) is 2. The Hall–Kier alpha value is -1.82. The molecule has 3 N–H and O–H groups in total. The summed E-state index contributed by atoms with van der Waals surface area (Å²) in [4.78, 5) is 1.46. The predicted molar refractivity (Wildman–Crippen MR) is 115 cm³/mol. The lowest BCUT2D eigenvalue weighted by Gasteiger charge is -2.60. The Labute approximate surface area is 182 Å². The summed E-state index contributed by atoms with van der Waals surface area (Å²) in [6.07, 6.45) is 5.52. The minimum absolute atomic E-state index is 0.0286. The first-order valence-corrected chi connectivity index (χ1v) is 12.1. The van der Waals surface area contributed by atoms with E-state index in [-0.39, 0.29) is 23.7 Å². The maximum atomic E-state index is 12.4. The van der Waals surface area contributed by atoms with Gasteiger partial charge in [-0.05, 0) is 88.0 Å². The minimum atomic E-state index is -3.66. The molecule has 0 aliphatic heterocycles. The molecule has 7 nitrogen and oxygen atoms in total. The molecule has 0 saturated heterocycles. The zero-order chi connectivity index (χ0) is 21.9. The summed E-state index contributed by atoms with van der Waals surface area (Å²) in [6, 6.07) is 6.69. The number of benzene rings is 1. The minimum Gasteiger partial charge on any atom is -0.480 e. The Bertz CT molecular complexity index is 986. The van der Waals surface area contributed by atoms with Crippen LogP contribution < -0.4 is 9.88 Å². The van der Waals surface area contributed by atoms with Gasteiger partial charge in [0.1, 0.15) is 5.75 Å². The molecule has 4 aliphatic rings. The molecule has 30 heavy (non-hydrogen) atoms. The maximum Gasteiger partial charge on any atom is 0.214 e. The van der Waals surface area contributed by atoms with E-state index < -0.39 is 20.4 Å². The molecule has 2 unspecified atom stereocenters. The molecule has 162 valence electrons. The summed E-state index contributed by atoms with van der Waals surface area (Å²) < 4.78 is 29.9. The Balaban J connectivity index is 1.58. The molecule has 0 radical (unpaired) electrons. The number of nitrogens with one attached hydrogen (secondary N) is 1. The number of rotatable bonds is 5. The zero-order valence-corrected chi connectivity index (χ0v) is 18.7. The molecule has 4 fully saturated rings. The summed E-state index contributed by atoms with van der Waals surface area (Å²) in [5, 5.41) is 25.0. The predicted octanol–water partition coefficient (Wildman–Crippen LogP) is 3.49. The standard InChI is InChI=1S/C21H27ClN4O3S/c1-20(2,29-17-5-3-16(22)4-6-17)19(24)26(12-23)18-14-7-13-8-15(18)11-21(9-13,10-14)30(25,27)28/h3-6,13-15,18,24H,7-11H2,1-2H3,(H2,25,27,28). The van der Waals surface area contributed by atoms with Crippen molar-refractivity contribution < 1.29 is 13.2 Å². The Morgan fingerprint density at radius 2 is 1.83 bits per heavy atom. The van der Waals surface area contributed by atoms with E-state index in [9.17, 15) is 13.7 Å². The van der Waals surface area contributed by atoms with E-state index in [2.05, 4.69) is 6.19 Å². The summed E-state index contributed by atoms with van der Waals surface area (Å²) in [5.74, 6) is 1.01. The highest BCUT2D eigenvalue weighted by Gasteiger charge is 2.61. The van der Waals surface area contributed by atoms with Gasteiger partial charge in [0.25, 0.3) is 0 Å². The van der Waals surface area contributed by atoms with Gasteiger partial charge in [-0.15, -0.1) is 0 Å². The Morgan fingerprint density at radius 3 is 2.33 bits per heavy atom. The summed E-state index contributed by atoms with van der Waals surface area (Å²) >= 11 is 5.93. The van der Waals surface area contributed by atoms with Crippen molar-refractivity contribution in [3.8, 4) is 11.9 Å². The number of nitriles is 1. The molecule has 4 aliphatic carbocycles. The van der Waals surface area contributed by atoms with Gasteiger partial charge >= 0.3 is 0 Å². The smallest absolute Gasteiger partial charge is 0.214 e. The highest BCUT2D eigenvalue weighted by molar-refractivity contribution is 7.90. The topological polar surface area (TPSA) is 120 Å². The monoisotopic (exact) mass is 450 g/mol. The molecular formula is C21H27ClN4O3S. The molecule has 0 amide bonds. The van der Waals surface area contributed by atoms with Crippen molar-refractivity contribution in [1.82, 2.24) is 4.90 Å². The largest absolute Gasteiger partial charge is 0.480 e. The molecule has 4 saturated carbocycles. The van der Waals surface area contributed by atoms with E-state index in [1.165, 1.54) is 4.90 Å². The number of sulfonamides is 1. The number of hydrogen-bond acceptors (Lipinski definition) is 5. The van der Waals surface area contributed by atoms with Crippen molar-refractivity contribution >= 4 is 27.5 Å². The Kier molecular flexibility index (Phi) is 5.08. The van der Waals surface area contributed by atoms with Crippen LogP contribution in [0.1, 0.15) is 46.0 Å². The van der Waals surface area contributed by atoms with Gasteiger partial charge in [0.05, 0.1) is 10.8 Å². The van der Waals surface area contributed by atoms with Crippen LogP contribution in [0, 0.1) is 34.6 Å². The second-order valence-electron chi connectivity index (χ2n) is 9.57. The Morgan fingerprint density at radius 1 is 1.27 bits per heavy atom. The van der Waals surface area contributed by atoms with Gasteiger partial charge in [0, 0.05) is 5.02 Å². The van der Waals surface area contributed by atoms with Gasteiger partial charge in [-0.2, -0.15) is 5.26 Å². The summed E-state index contributed by atoms with van der Waals surface area (Å²) in [7, 11) is -3.66. The normalized spacial score (nSPS) is 32.5. The van der Waals surface area contributed by atoms with Gasteiger partial charge < -0.3 is 4.74 Å². The van der Waals surface area contributed by atoms with E-state index in [1.807, 2.05) is 0 Å². The van der Waals surface area contributed by atoms with Crippen LogP contribution in [-0.4, -0.2) is 35.5 Å². The highest BCUT2D eigenvalue weighted by atomic mass is 35.5. The average molecular weight is 451 g/mol. The number of halogens is 1. The van der Waals surface area contributed by atoms with Crippen LogP contribution in [0.15, 0.2) is 24.3 Å². The zero-order valence-electron chi connectivity index (χ0n) is 17.1. The second-order valence-corrected chi connectivity index (χ2v) is 12.0. The van der Waals surface area contributed by atoms with E-state index in [1.54, 1.807) is 38.1 Å². The second kappa shape index (κ2) is 7.11. The first kappa shape index (κ1) is 21.4. The molecular weight excluding hydrogens is 424 g/mol. The average Bonchev–Trinajstić information content (AvgIpc) is 2.64. The van der Waals surface area contributed by atoms with Crippen molar-refractivity contribution in [2.24, 2.45) is 22.9 Å². The van der Waals surface area contributed by atoms with Crippen molar-refractivity contribution in [3.63, 3.8) is 0 Å². The van der Waals surface area contributed by atoms with Crippen molar-refractivity contribution in [1.29, 1.82) is 10.7 Å². The maximum absolute atomic E-state index is 12.4. The number of primary sulfonamides is 1. The van der Waals surface area contributed by atoms with Gasteiger partial charge in [-0.1, -0.05) is 11.6 Å². The number of amidine groups is 1. The molecule has 2 atom stereocenters. The fourth-order valence-corrected chi connectivity index (χ4v) is 7.58. The molecule has 1 aromatic carbocycles. The van der Waals surface area contributed by atoms with Gasteiger partial charge in [0.2, 0.25) is 10.0 Å². The van der Waals surface area contributed by atoms with Gasteiger partial charge in [-0.25, -0.2) is 13.6 Å². The van der Waals surface area contributed by atoms with E-state index in [0.717, 1.165) is 12.8 Å². The first-order chi connectivity index (χ1) is 14.0. The first-order valence-electron chi connectivity index (χ1n) is 10.2. The van der Waals surface area contributed by atoms with Gasteiger partial charge in [0.15, 0.2) is 17.6 Å². The molecule has 4 bridgehead atoms. The van der Waals surface area contributed by atoms with Crippen LogP contribution in [0.5, 0.6) is 5.75 Å². The van der Waals surface area contributed by atoms with Crippen LogP contribution >= 0.6 is 11.6 Å². The summed E-state index contributed by atoms with van der Waals surface area (Å²) in [5.41, 5.74) is -1.05. The third-order valence-electron chi connectivity index (χ3n) is 7.17. The molecule has 0 aromatic heterocycles. The van der Waals surface area contributed by atoms with E-state index in [0.29, 0.717) is 36.0 Å². The third kappa shape index (κ3) is 3.47. The van der Waals surface area contributed by atoms with Crippen LogP contribution in [-0.2, 0) is 10.0 Å². The SMILES string of the molecule is CC(C)(Oc1ccc(Cl)cc1)C(=N)N(C#N)C1C2CC3CC1CC(S(N)(=O)=O)(C3)C2. The fourth-order valence-electron chi connectivity index (χ4n) is 6.09. The molecule has 5 rings (SSSR count). The van der Waals surface area contributed by atoms with Gasteiger partial charge in [-0.3, -0.25) is 10.3 Å².